The molecule has 2 aromatic rings. The highest BCUT2D eigenvalue weighted by molar-refractivity contribution is 5.71. The van der Waals surface area contributed by atoms with E-state index < -0.39 is 5.95 Å². The number of ether oxygens (including phenoxy) is 2. The Balaban J connectivity index is 2.54. The fourth-order valence-corrected chi connectivity index (χ4v) is 1.12. The molecule has 1 N–H and O–H groups in total. The molecule has 0 aliphatic rings. The predicted molar refractivity (Wildman–Crippen MR) is 49.4 cm³/mol. The van der Waals surface area contributed by atoms with Crippen molar-refractivity contribution in [2.24, 2.45) is 0 Å². The van der Waals surface area contributed by atoms with Gasteiger partial charge in [0.1, 0.15) is 5.52 Å². The van der Waals surface area contributed by atoms with E-state index in [-0.39, 0.29) is 23.2 Å². The lowest BCUT2D eigenvalue weighted by atomic mass is 10.5. The van der Waals surface area contributed by atoms with Gasteiger partial charge >= 0.3 is 6.01 Å². The van der Waals surface area contributed by atoms with Crippen LogP contribution in [0.5, 0.6) is 12.0 Å². The van der Waals surface area contributed by atoms with Crippen LogP contribution < -0.4 is 9.47 Å². The van der Waals surface area contributed by atoms with Crippen LogP contribution in [0.1, 0.15) is 6.92 Å². The van der Waals surface area contributed by atoms with Gasteiger partial charge in [-0.3, -0.25) is 0 Å². The van der Waals surface area contributed by atoms with Crippen LogP contribution in [-0.4, -0.2) is 33.7 Å². The molecule has 0 unspecified atom stereocenters. The van der Waals surface area contributed by atoms with Gasteiger partial charge in [-0.25, -0.2) is 0 Å². The second kappa shape index (κ2) is 3.68. The molecule has 0 aliphatic heterocycles. The zero-order valence-corrected chi connectivity index (χ0v) is 8.24. The molecule has 80 valence electrons. The third kappa shape index (κ3) is 1.67. The van der Waals surface area contributed by atoms with Crippen LogP contribution in [0, 0.1) is 5.95 Å². The molecule has 7 heteroatoms. The molecular formula is C8H9FN4O2. The van der Waals surface area contributed by atoms with Gasteiger partial charge < -0.3 is 14.5 Å². The van der Waals surface area contributed by atoms with Gasteiger partial charge in [0.15, 0.2) is 5.65 Å². The van der Waals surface area contributed by atoms with Gasteiger partial charge in [-0.1, -0.05) is 0 Å². The Labute approximate surface area is 84.5 Å². The second-order valence-corrected chi connectivity index (χ2v) is 2.67. The van der Waals surface area contributed by atoms with Gasteiger partial charge in [-0.05, 0) is 6.92 Å². The molecule has 6 nitrogen and oxygen atoms in total. The average molecular weight is 212 g/mol. The first-order valence-corrected chi connectivity index (χ1v) is 4.34. The molecule has 0 saturated carbocycles. The normalized spacial score (nSPS) is 10.6. The molecule has 0 amide bonds. The highest BCUT2D eigenvalue weighted by Crippen LogP contribution is 2.18. The van der Waals surface area contributed by atoms with Gasteiger partial charge in [-0.15, -0.1) is 0 Å². The van der Waals surface area contributed by atoms with Crippen molar-refractivity contribution in [2.75, 3.05) is 13.7 Å². The summed E-state index contributed by atoms with van der Waals surface area (Å²) in [5.74, 6) is -0.713. The first kappa shape index (κ1) is 9.63. The minimum atomic E-state index is -0.713. The van der Waals surface area contributed by atoms with E-state index in [0.29, 0.717) is 6.61 Å². The zero-order valence-electron chi connectivity index (χ0n) is 8.24. The van der Waals surface area contributed by atoms with Crippen molar-refractivity contribution in [2.45, 2.75) is 6.92 Å². The summed E-state index contributed by atoms with van der Waals surface area (Å²) in [7, 11) is 1.36. The lowest BCUT2D eigenvalue weighted by Crippen LogP contribution is -1.95. The van der Waals surface area contributed by atoms with Crippen LogP contribution in [0.4, 0.5) is 4.39 Å². The fraction of sp³-hybridized carbons (Fsp3) is 0.375. The summed E-state index contributed by atoms with van der Waals surface area (Å²) in [6.07, 6.45) is 0. The lowest BCUT2D eigenvalue weighted by Gasteiger charge is -1.95. The SMILES string of the molecule is CCOc1nc2nc(OC)nc(F)c2[nH]1. The number of hydrogen-bond acceptors (Lipinski definition) is 5. The summed E-state index contributed by atoms with van der Waals surface area (Å²) < 4.78 is 23.1. The molecule has 0 atom stereocenters. The fourth-order valence-electron chi connectivity index (χ4n) is 1.12. The van der Waals surface area contributed by atoms with Crippen molar-refractivity contribution in [3.8, 4) is 12.0 Å². The highest BCUT2D eigenvalue weighted by atomic mass is 19.1. The summed E-state index contributed by atoms with van der Waals surface area (Å²) in [6, 6.07) is 0.156. The van der Waals surface area contributed by atoms with E-state index in [4.69, 9.17) is 9.47 Å². The summed E-state index contributed by atoms with van der Waals surface area (Å²) in [4.78, 5) is 13.9. The average Bonchev–Trinajstić information content (AvgIpc) is 2.61. The van der Waals surface area contributed by atoms with Crippen molar-refractivity contribution >= 4 is 11.2 Å². The standard InChI is InChI=1S/C8H9FN4O2/c1-3-15-8-10-4-5(9)11-7(14-2)12-6(4)13-8/h3H2,1-2H3,(H,10,11,12,13). The molecule has 2 rings (SSSR count). The molecule has 0 fully saturated rings. The number of nitrogens with one attached hydrogen (secondary N) is 1. The number of methoxy groups -OCH3 is 1. The van der Waals surface area contributed by atoms with Gasteiger partial charge in [0, 0.05) is 0 Å². The van der Waals surface area contributed by atoms with Crippen molar-refractivity contribution in [1.82, 2.24) is 19.9 Å². The lowest BCUT2D eigenvalue weighted by molar-refractivity contribution is 0.317. The molecule has 0 aliphatic carbocycles. The van der Waals surface area contributed by atoms with Crippen LogP contribution in [0.25, 0.3) is 11.2 Å². The number of halogens is 1. The molecule has 0 aromatic carbocycles. The molecule has 0 bridgehead atoms. The minimum absolute atomic E-state index is 0.0606. The van der Waals surface area contributed by atoms with Gasteiger partial charge in [-0.2, -0.15) is 19.3 Å². The summed E-state index contributed by atoms with van der Waals surface area (Å²) in [5, 5.41) is 0. The molecule has 0 spiro atoms. The number of rotatable bonds is 3. The topological polar surface area (TPSA) is 72.9 Å². The van der Waals surface area contributed by atoms with Crippen LogP contribution in [-0.2, 0) is 0 Å². The molecule has 0 radical (unpaired) electrons. The van der Waals surface area contributed by atoms with Gasteiger partial charge in [0.2, 0.25) is 5.95 Å². The predicted octanol–water partition coefficient (Wildman–Crippen LogP) is 0.899. The van der Waals surface area contributed by atoms with Crippen molar-refractivity contribution in [3.05, 3.63) is 5.95 Å². The first-order valence-electron chi connectivity index (χ1n) is 4.34. The smallest absolute Gasteiger partial charge is 0.321 e. The Kier molecular flexibility index (Phi) is 2.36. The maximum absolute atomic E-state index is 13.3. The van der Waals surface area contributed by atoms with Crippen LogP contribution in [0.3, 0.4) is 0 Å². The third-order valence-corrected chi connectivity index (χ3v) is 1.73. The molecular weight excluding hydrogens is 203 g/mol. The van der Waals surface area contributed by atoms with Crippen molar-refractivity contribution in [3.63, 3.8) is 0 Å². The molecule has 15 heavy (non-hydrogen) atoms. The molecule has 2 heterocycles. The monoisotopic (exact) mass is 212 g/mol. The minimum Gasteiger partial charge on any atom is -0.467 e. The maximum Gasteiger partial charge on any atom is 0.321 e. The second-order valence-electron chi connectivity index (χ2n) is 2.67. The number of aromatic nitrogens is 4. The number of nitrogens with zero attached hydrogens (tertiary/aromatic N) is 3. The maximum atomic E-state index is 13.3. The van der Waals surface area contributed by atoms with Gasteiger partial charge in [0.25, 0.3) is 6.01 Å². The Hall–Kier alpha value is -1.92. The van der Waals surface area contributed by atoms with Crippen LogP contribution in [0.2, 0.25) is 0 Å². The highest BCUT2D eigenvalue weighted by Gasteiger charge is 2.12. The Morgan fingerprint density at radius 1 is 1.33 bits per heavy atom. The van der Waals surface area contributed by atoms with E-state index in [1.54, 1.807) is 6.92 Å². The number of imidazole rings is 1. The van der Waals surface area contributed by atoms with Crippen molar-refractivity contribution in [1.29, 1.82) is 0 Å². The quantitative estimate of drug-likeness (QED) is 0.765. The molecule has 0 saturated heterocycles. The number of fused-ring (bicyclic) bond motifs is 1. The zero-order chi connectivity index (χ0) is 10.8. The summed E-state index contributed by atoms with van der Waals surface area (Å²) >= 11 is 0. The number of aromatic amines is 1. The van der Waals surface area contributed by atoms with E-state index >= 15 is 0 Å². The summed E-state index contributed by atoms with van der Waals surface area (Å²) in [5.41, 5.74) is 0.294. The van der Waals surface area contributed by atoms with E-state index in [9.17, 15) is 4.39 Å². The van der Waals surface area contributed by atoms with Crippen LogP contribution in [0.15, 0.2) is 0 Å². The van der Waals surface area contributed by atoms with E-state index in [1.807, 2.05) is 0 Å². The first-order chi connectivity index (χ1) is 7.24. The Morgan fingerprint density at radius 2 is 2.13 bits per heavy atom. The van der Waals surface area contributed by atoms with E-state index in [2.05, 4.69) is 19.9 Å². The largest absolute Gasteiger partial charge is 0.467 e. The summed E-state index contributed by atoms with van der Waals surface area (Å²) in [6.45, 7) is 2.24. The number of H-pyrrole nitrogens is 1. The Morgan fingerprint density at radius 3 is 2.80 bits per heavy atom. The van der Waals surface area contributed by atoms with Gasteiger partial charge in [0.05, 0.1) is 13.7 Å². The van der Waals surface area contributed by atoms with E-state index in [1.165, 1.54) is 7.11 Å². The van der Waals surface area contributed by atoms with Crippen LogP contribution >= 0.6 is 0 Å². The van der Waals surface area contributed by atoms with Crippen molar-refractivity contribution < 1.29 is 13.9 Å². The molecule has 2 aromatic heterocycles. The Bertz CT molecular complexity index is 485. The third-order valence-electron chi connectivity index (χ3n) is 1.73. The van der Waals surface area contributed by atoms with E-state index in [0.717, 1.165) is 0 Å². The number of hydrogen-bond donors (Lipinski definition) is 1.